The van der Waals surface area contributed by atoms with Crippen molar-refractivity contribution in [3.8, 4) is 17.0 Å². The Morgan fingerprint density at radius 3 is 2.61 bits per heavy atom. The summed E-state index contributed by atoms with van der Waals surface area (Å²) in [5.41, 5.74) is 1.46. The molecular weight excluding hydrogens is 434 g/mol. The molecule has 10 heteroatoms. The van der Waals surface area contributed by atoms with E-state index in [1.54, 1.807) is 24.5 Å². The SMILES string of the molecule is O=c1cc(-c2ccnc(NC3CCOCC3)n2)ccn1[C@H](CO)c1ccc(OC(F)F)cc1. The Balaban J connectivity index is 1.53. The van der Waals surface area contributed by atoms with Crippen LogP contribution >= 0.6 is 0 Å². The number of nitrogens with zero attached hydrogens (tertiary/aromatic N) is 3. The zero-order valence-corrected chi connectivity index (χ0v) is 17.7. The molecule has 3 heterocycles. The maximum absolute atomic E-state index is 12.9. The number of anilines is 1. The molecule has 174 valence electrons. The van der Waals surface area contributed by atoms with Gasteiger partial charge >= 0.3 is 6.61 Å². The van der Waals surface area contributed by atoms with Crippen LogP contribution in [-0.4, -0.2) is 52.1 Å². The quantitative estimate of drug-likeness (QED) is 0.535. The van der Waals surface area contributed by atoms with Gasteiger partial charge < -0.3 is 24.5 Å². The summed E-state index contributed by atoms with van der Waals surface area (Å²) in [6.45, 7) is -1.87. The number of halogens is 2. The first kappa shape index (κ1) is 22.8. The largest absolute Gasteiger partial charge is 0.435 e. The van der Waals surface area contributed by atoms with Crippen molar-refractivity contribution in [2.75, 3.05) is 25.1 Å². The van der Waals surface area contributed by atoms with Gasteiger partial charge in [0.25, 0.3) is 5.56 Å². The van der Waals surface area contributed by atoms with Crippen molar-refractivity contribution in [1.82, 2.24) is 14.5 Å². The first-order chi connectivity index (χ1) is 16.0. The van der Waals surface area contributed by atoms with E-state index in [1.807, 2.05) is 0 Å². The molecule has 1 saturated heterocycles. The molecule has 1 fully saturated rings. The number of alkyl halides is 2. The molecule has 0 amide bonds. The van der Waals surface area contributed by atoms with Crippen LogP contribution in [0.2, 0.25) is 0 Å². The van der Waals surface area contributed by atoms with Gasteiger partial charge in [0.1, 0.15) is 5.75 Å². The summed E-state index contributed by atoms with van der Waals surface area (Å²) >= 11 is 0. The maximum Gasteiger partial charge on any atom is 0.387 e. The predicted octanol–water partition coefficient (Wildman–Crippen LogP) is 3.08. The van der Waals surface area contributed by atoms with Gasteiger partial charge in [0.2, 0.25) is 5.95 Å². The van der Waals surface area contributed by atoms with Crippen molar-refractivity contribution in [3.63, 3.8) is 0 Å². The lowest BCUT2D eigenvalue weighted by Gasteiger charge is -2.23. The van der Waals surface area contributed by atoms with Crippen LogP contribution in [0.5, 0.6) is 5.75 Å². The van der Waals surface area contributed by atoms with Crippen LogP contribution in [-0.2, 0) is 4.74 Å². The smallest absolute Gasteiger partial charge is 0.387 e. The first-order valence-electron chi connectivity index (χ1n) is 10.6. The lowest BCUT2D eigenvalue weighted by molar-refractivity contribution is -0.0498. The van der Waals surface area contributed by atoms with Crippen LogP contribution in [0.25, 0.3) is 11.3 Å². The van der Waals surface area contributed by atoms with E-state index >= 15 is 0 Å². The summed E-state index contributed by atoms with van der Waals surface area (Å²) in [7, 11) is 0. The van der Waals surface area contributed by atoms with Crippen molar-refractivity contribution in [2.24, 2.45) is 0 Å². The molecule has 0 aliphatic carbocycles. The second-order valence-electron chi connectivity index (χ2n) is 7.60. The van der Waals surface area contributed by atoms with Gasteiger partial charge in [-0.25, -0.2) is 9.97 Å². The molecule has 3 aromatic rings. The van der Waals surface area contributed by atoms with Crippen molar-refractivity contribution < 1.29 is 23.4 Å². The molecule has 1 aliphatic heterocycles. The van der Waals surface area contributed by atoms with Crippen LogP contribution in [0.15, 0.2) is 59.7 Å². The zero-order valence-electron chi connectivity index (χ0n) is 17.7. The summed E-state index contributed by atoms with van der Waals surface area (Å²) in [5, 5.41) is 13.2. The fraction of sp³-hybridized carbons (Fsp3) is 0.348. The third-order valence-electron chi connectivity index (χ3n) is 5.45. The second-order valence-corrected chi connectivity index (χ2v) is 7.60. The number of benzene rings is 1. The summed E-state index contributed by atoms with van der Waals surface area (Å²) in [4.78, 5) is 21.7. The topological polar surface area (TPSA) is 98.5 Å². The highest BCUT2D eigenvalue weighted by Gasteiger charge is 2.17. The van der Waals surface area contributed by atoms with Gasteiger partial charge in [-0.2, -0.15) is 8.78 Å². The van der Waals surface area contributed by atoms with Crippen molar-refractivity contribution in [1.29, 1.82) is 0 Å². The third-order valence-corrected chi connectivity index (χ3v) is 5.45. The molecule has 1 atom stereocenters. The molecule has 0 spiro atoms. The predicted molar refractivity (Wildman–Crippen MR) is 117 cm³/mol. The van der Waals surface area contributed by atoms with Gasteiger partial charge in [0.15, 0.2) is 0 Å². The molecule has 2 aromatic heterocycles. The molecule has 2 N–H and O–H groups in total. The Bertz CT molecular complexity index is 1120. The Kier molecular flexibility index (Phi) is 7.26. The molecule has 0 unspecified atom stereocenters. The molecule has 4 rings (SSSR count). The average molecular weight is 458 g/mol. The van der Waals surface area contributed by atoms with Crippen LogP contribution < -0.4 is 15.6 Å². The third kappa shape index (κ3) is 5.71. The van der Waals surface area contributed by atoms with E-state index in [0.29, 0.717) is 36.0 Å². The van der Waals surface area contributed by atoms with E-state index in [1.165, 1.54) is 34.9 Å². The number of hydrogen-bond donors (Lipinski definition) is 2. The van der Waals surface area contributed by atoms with E-state index < -0.39 is 12.7 Å². The summed E-state index contributed by atoms with van der Waals surface area (Å²) in [5.74, 6) is 0.491. The number of aliphatic hydroxyl groups excluding tert-OH is 1. The lowest BCUT2D eigenvalue weighted by atomic mass is 10.1. The van der Waals surface area contributed by atoms with Gasteiger partial charge in [-0.15, -0.1) is 0 Å². The highest BCUT2D eigenvalue weighted by Crippen LogP contribution is 2.23. The number of ether oxygens (including phenoxy) is 2. The Labute approximate surface area is 188 Å². The molecule has 0 bridgehead atoms. The van der Waals surface area contributed by atoms with Gasteiger partial charge in [-0.1, -0.05) is 12.1 Å². The van der Waals surface area contributed by atoms with E-state index in [9.17, 15) is 18.7 Å². The minimum Gasteiger partial charge on any atom is -0.435 e. The minimum atomic E-state index is -2.92. The van der Waals surface area contributed by atoms with Crippen LogP contribution in [0, 0.1) is 0 Å². The van der Waals surface area contributed by atoms with E-state index in [4.69, 9.17) is 4.74 Å². The van der Waals surface area contributed by atoms with E-state index in [-0.39, 0.29) is 24.0 Å². The zero-order chi connectivity index (χ0) is 23.2. The number of aliphatic hydroxyl groups is 1. The number of hydrogen-bond acceptors (Lipinski definition) is 7. The summed E-state index contributed by atoms with van der Waals surface area (Å²) < 4.78 is 35.8. The number of rotatable bonds is 8. The normalized spacial score (nSPS) is 15.4. The van der Waals surface area contributed by atoms with Crippen molar-refractivity contribution in [2.45, 2.75) is 31.5 Å². The van der Waals surface area contributed by atoms with Gasteiger partial charge in [0, 0.05) is 43.3 Å². The molecule has 33 heavy (non-hydrogen) atoms. The lowest BCUT2D eigenvalue weighted by Crippen LogP contribution is -2.28. The van der Waals surface area contributed by atoms with Crippen LogP contribution in [0.1, 0.15) is 24.4 Å². The minimum absolute atomic E-state index is 0.00191. The molecular formula is C23H24F2N4O4. The highest BCUT2D eigenvalue weighted by atomic mass is 19.3. The fourth-order valence-electron chi connectivity index (χ4n) is 3.75. The fourth-order valence-corrected chi connectivity index (χ4v) is 3.75. The van der Waals surface area contributed by atoms with Gasteiger partial charge in [-0.05, 0) is 42.7 Å². The van der Waals surface area contributed by atoms with Crippen molar-refractivity contribution in [3.05, 3.63) is 70.8 Å². The number of pyridine rings is 1. The summed E-state index contributed by atoms with van der Waals surface area (Å²) in [6.07, 6.45) is 4.97. The first-order valence-corrected chi connectivity index (χ1v) is 10.6. The van der Waals surface area contributed by atoms with Crippen LogP contribution in [0.4, 0.5) is 14.7 Å². The van der Waals surface area contributed by atoms with Gasteiger partial charge in [-0.3, -0.25) is 4.79 Å². The molecule has 0 radical (unpaired) electrons. The van der Waals surface area contributed by atoms with Crippen LogP contribution in [0.3, 0.4) is 0 Å². The average Bonchev–Trinajstić information content (AvgIpc) is 2.82. The Morgan fingerprint density at radius 2 is 1.94 bits per heavy atom. The number of aromatic nitrogens is 3. The Hall–Kier alpha value is -3.37. The van der Waals surface area contributed by atoms with E-state index in [0.717, 1.165) is 12.8 Å². The van der Waals surface area contributed by atoms with Crippen molar-refractivity contribution >= 4 is 5.95 Å². The standard InChI is InChI=1S/C23H24F2N4O4/c24-22(25)33-18-3-1-15(2-4-18)20(14-30)29-10-6-16(13-21(29)31)19-5-9-26-23(28-19)27-17-7-11-32-12-8-17/h1-6,9-10,13,17,20,22,30H,7-8,11-12,14H2,(H,26,27,28)/t20-/m1/s1. The molecule has 0 saturated carbocycles. The molecule has 1 aromatic carbocycles. The summed E-state index contributed by atoms with van der Waals surface area (Å²) in [6, 6.07) is 10.3. The monoisotopic (exact) mass is 458 g/mol. The molecule has 1 aliphatic rings. The number of nitrogens with one attached hydrogen (secondary N) is 1. The maximum atomic E-state index is 12.9. The molecule has 8 nitrogen and oxygen atoms in total. The van der Waals surface area contributed by atoms with Gasteiger partial charge in [0.05, 0.1) is 18.3 Å². The van der Waals surface area contributed by atoms with E-state index in [2.05, 4.69) is 20.0 Å². The second kappa shape index (κ2) is 10.5. The Morgan fingerprint density at radius 1 is 1.18 bits per heavy atom. The highest BCUT2D eigenvalue weighted by molar-refractivity contribution is 5.59.